The first-order valence-electron chi connectivity index (χ1n) is 6.48. The van der Waals surface area contributed by atoms with Gasteiger partial charge in [-0.2, -0.15) is 0 Å². The largest absolute Gasteiger partial charge is 0.353 e. The summed E-state index contributed by atoms with van der Waals surface area (Å²) < 4.78 is 8.33. The van der Waals surface area contributed by atoms with Crippen molar-refractivity contribution in [3.63, 3.8) is 0 Å². The van der Waals surface area contributed by atoms with E-state index in [1.807, 2.05) is 0 Å². The lowest BCUT2D eigenvalue weighted by Crippen LogP contribution is -2.23. The summed E-state index contributed by atoms with van der Waals surface area (Å²) in [6.45, 7) is 4.12. The van der Waals surface area contributed by atoms with E-state index in [1.54, 1.807) is 0 Å². The molecule has 0 amide bonds. The van der Waals surface area contributed by atoms with Crippen molar-refractivity contribution in [1.29, 1.82) is 0 Å². The molecule has 1 fully saturated rings. The number of hydrogen-bond donors (Lipinski definition) is 0. The maximum Gasteiger partial charge on any atom is 0.152 e. The molecular formula is C15H16N2O. The number of benzene rings is 1. The normalized spacial score (nSPS) is 26.3. The zero-order valence-electron chi connectivity index (χ0n) is 10.4. The van der Waals surface area contributed by atoms with Crippen LogP contribution in [0.5, 0.6) is 0 Å². The molecule has 0 spiro atoms. The molecule has 3 heterocycles. The molecule has 0 bridgehead atoms. The van der Waals surface area contributed by atoms with Crippen LogP contribution in [0, 0.1) is 0 Å². The van der Waals surface area contributed by atoms with Crippen molar-refractivity contribution in [3.05, 3.63) is 53.9 Å². The van der Waals surface area contributed by atoms with E-state index < -0.39 is 0 Å². The number of rotatable bonds is 0. The number of ether oxygens (including phenoxy) is 1. The summed E-state index contributed by atoms with van der Waals surface area (Å²) in [5, 5.41) is 0. The molecule has 2 aliphatic rings. The fourth-order valence-corrected chi connectivity index (χ4v) is 3.09. The van der Waals surface area contributed by atoms with Crippen molar-refractivity contribution in [2.45, 2.75) is 25.8 Å². The molecule has 0 unspecified atom stereocenters. The summed E-state index contributed by atoms with van der Waals surface area (Å²) >= 11 is 0. The van der Waals surface area contributed by atoms with Gasteiger partial charge in [-0.05, 0) is 30.7 Å². The Morgan fingerprint density at radius 1 is 1.17 bits per heavy atom. The van der Waals surface area contributed by atoms with Gasteiger partial charge in [0.05, 0.1) is 11.8 Å². The van der Waals surface area contributed by atoms with Gasteiger partial charge in [-0.3, -0.25) is 4.90 Å². The number of fused-ring (bicyclic) bond motifs is 5. The minimum Gasteiger partial charge on any atom is -0.353 e. The van der Waals surface area contributed by atoms with Crippen LogP contribution in [0.3, 0.4) is 0 Å². The minimum absolute atomic E-state index is 0.0994. The monoisotopic (exact) mass is 240 g/mol. The molecule has 1 saturated heterocycles. The van der Waals surface area contributed by atoms with Crippen molar-refractivity contribution >= 4 is 0 Å². The summed E-state index contributed by atoms with van der Waals surface area (Å²) in [5.41, 5.74) is 3.89. The van der Waals surface area contributed by atoms with Crippen LogP contribution in [0.2, 0.25) is 0 Å². The second kappa shape index (κ2) is 3.70. The van der Waals surface area contributed by atoms with Crippen molar-refractivity contribution in [2.75, 3.05) is 6.54 Å². The molecular weight excluding hydrogens is 224 g/mol. The Kier molecular flexibility index (Phi) is 2.13. The Balaban J connectivity index is 1.93. The van der Waals surface area contributed by atoms with Crippen LogP contribution in [0.15, 0.2) is 42.6 Å². The first-order chi connectivity index (χ1) is 8.83. The van der Waals surface area contributed by atoms with E-state index in [-0.39, 0.29) is 6.23 Å². The zero-order chi connectivity index (χ0) is 12.1. The average Bonchev–Trinajstić information content (AvgIpc) is 2.94. The summed E-state index contributed by atoms with van der Waals surface area (Å²) in [6.07, 6.45) is 2.54. The molecule has 18 heavy (non-hydrogen) atoms. The van der Waals surface area contributed by atoms with Gasteiger partial charge < -0.3 is 9.30 Å². The molecule has 0 aliphatic carbocycles. The maximum absolute atomic E-state index is 6.07. The van der Waals surface area contributed by atoms with E-state index in [0.29, 0.717) is 6.10 Å². The van der Waals surface area contributed by atoms with Gasteiger partial charge in [0, 0.05) is 25.0 Å². The van der Waals surface area contributed by atoms with Crippen molar-refractivity contribution < 1.29 is 4.74 Å². The molecule has 92 valence electrons. The van der Waals surface area contributed by atoms with Crippen LogP contribution >= 0.6 is 0 Å². The Labute approximate surface area is 107 Å². The third-order valence-corrected chi connectivity index (χ3v) is 3.84. The number of aromatic nitrogens is 1. The number of para-hydroxylation sites is 1. The van der Waals surface area contributed by atoms with E-state index in [2.05, 4.69) is 59.0 Å². The molecule has 4 rings (SSSR count). The second-order valence-electron chi connectivity index (χ2n) is 5.16. The molecule has 0 saturated carbocycles. The Bertz CT molecular complexity index is 590. The highest BCUT2D eigenvalue weighted by Crippen LogP contribution is 2.37. The molecule has 1 aromatic carbocycles. The lowest BCUT2D eigenvalue weighted by Gasteiger charge is -2.19. The molecule has 2 aliphatic heterocycles. The first-order valence-corrected chi connectivity index (χ1v) is 6.48. The van der Waals surface area contributed by atoms with Gasteiger partial charge in [-0.25, -0.2) is 0 Å². The third kappa shape index (κ3) is 1.38. The Hall–Kier alpha value is -1.58. The van der Waals surface area contributed by atoms with Gasteiger partial charge >= 0.3 is 0 Å². The predicted octanol–water partition coefficient (Wildman–Crippen LogP) is 2.71. The van der Waals surface area contributed by atoms with E-state index in [1.165, 1.54) is 16.9 Å². The molecule has 0 radical (unpaired) electrons. The minimum atomic E-state index is 0.0994. The van der Waals surface area contributed by atoms with Crippen LogP contribution in [0.1, 0.15) is 24.4 Å². The van der Waals surface area contributed by atoms with Gasteiger partial charge in [0.25, 0.3) is 0 Å². The highest BCUT2D eigenvalue weighted by molar-refractivity contribution is 5.44. The standard InChI is InChI=1S/C15H16N2O/c1-11-9-16-10-12-5-2-3-6-13(12)17-8-4-7-14(17)15(16)18-11/h2-8,11,15H,9-10H2,1H3/t11-,15+/m1/s1. The number of nitrogens with zero attached hydrogens (tertiary/aromatic N) is 2. The van der Waals surface area contributed by atoms with Crippen LogP contribution < -0.4 is 0 Å². The summed E-state index contributed by atoms with van der Waals surface area (Å²) in [4.78, 5) is 2.42. The average molecular weight is 240 g/mol. The molecule has 3 nitrogen and oxygen atoms in total. The molecule has 3 heteroatoms. The molecule has 0 N–H and O–H groups in total. The summed E-state index contributed by atoms with van der Waals surface area (Å²) in [6, 6.07) is 12.9. The first kappa shape index (κ1) is 10.4. The zero-order valence-corrected chi connectivity index (χ0v) is 10.4. The van der Waals surface area contributed by atoms with Gasteiger partial charge in [-0.1, -0.05) is 18.2 Å². The van der Waals surface area contributed by atoms with E-state index in [0.717, 1.165) is 13.1 Å². The number of hydrogen-bond acceptors (Lipinski definition) is 2. The van der Waals surface area contributed by atoms with Crippen molar-refractivity contribution in [3.8, 4) is 5.69 Å². The molecule has 2 aromatic rings. The van der Waals surface area contributed by atoms with Crippen LogP contribution in [0.4, 0.5) is 0 Å². The van der Waals surface area contributed by atoms with Gasteiger partial charge in [0.1, 0.15) is 0 Å². The van der Waals surface area contributed by atoms with Gasteiger partial charge in [0.2, 0.25) is 0 Å². The lowest BCUT2D eigenvalue weighted by atomic mass is 10.1. The quantitative estimate of drug-likeness (QED) is 0.704. The SMILES string of the molecule is C[C@@H]1CN2Cc3ccccc3-n3cccc3[C@@H]2O1. The fourth-order valence-electron chi connectivity index (χ4n) is 3.09. The molecule has 1 aromatic heterocycles. The van der Waals surface area contributed by atoms with Crippen LogP contribution in [-0.4, -0.2) is 22.1 Å². The summed E-state index contributed by atoms with van der Waals surface area (Å²) in [7, 11) is 0. The van der Waals surface area contributed by atoms with E-state index in [4.69, 9.17) is 4.74 Å². The summed E-state index contributed by atoms with van der Waals surface area (Å²) in [5.74, 6) is 0. The van der Waals surface area contributed by atoms with Crippen molar-refractivity contribution in [1.82, 2.24) is 9.47 Å². The lowest BCUT2D eigenvalue weighted by molar-refractivity contribution is -0.000676. The van der Waals surface area contributed by atoms with E-state index in [9.17, 15) is 0 Å². The Morgan fingerprint density at radius 2 is 2.06 bits per heavy atom. The van der Waals surface area contributed by atoms with Crippen LogP contribution in [0.25, 0.3) is 5.69 Å². The van der Waals surface area contributed by atoms with Crippen molar-refractivity contribution in [2.24, 2.45) is 0 Å². The van der Waals surface area contributed by atoms with Gasteiger partial charge in [0.15, 0.2) is 6.23 Å². The predicted molar refractivity (Wildman–Crippen MR) is 69.5 cm³/mol. The Morgan fingerprint density at radius 3 is 3.00 bits per heavy atom. The van der Waals surface area contributed by atoms with Crippen LogP contribution in [-0.2, 0) is 11.3 Å². The second-order valence-corrected chi connectivity index (χ2v) is 5.16. The third-order valence-electron chi connectivity index (χ3n) is 3.84. The fraction of sp³-hybridized carbons (Fsp3) is 0.333. The van der Waals surface area contributed by atoms with Gasteiger partial charge in [-0.15, -0.1) is 0 Å². The maximum atomic E-state index is 6.07. The highest BCUT2D eigenvalue weighted by atomic mass is 16.5. The molecule has 2 atom stereocenters. The van der Waals surface area contributed by atoms with E-state index >= 15 is 0 Å². The smallest absolute Gasteiger partial charge is 0.152 e. The highest BCUT2D eigenvalue weighted by Gasteiger charge is 2.35. The topological polar surface area (TPSA) is 17.4 Å².